The van der Waals surface area contributed by atoms with E-state index >= 15 is 0 Å². The number of rotatable bonds is 7. The van der Waals surface area contributed by atoms with Gasteiger partial charge in [-0.15, -0.1) is 6.58 Å². The molecule has 0 atom stereocenters. The van der Waals surface area contributed by atoms with Crippen LogP contribution in [0.25, 0.3) is 0 Å². The fourth-order valence-corrected chi connectivity index (χ4v) is 3.17. The summed E-state index contributed by atoms with van der Waals surface area (Å²) in [6.45, 7) is 3.65. The van der Waals surface area contributed by atoms with Gasteiger partial charge in [-0.05, 0) is 30.3 Å². The molecule has 0 saturated heterocycles. The SMILES string of the molecule is C=CCNC(=O)c1ccccc1NS(=O)(=O)c1ccc(F)c(C(=O)[O-])c1. The van der Waals surface area contributed by atoms with Crippen LogP contribution in [-0.4, -0.2) is 26.8 Å². The Hall–Kier alpha value is -3.20. The summed E-state index contributed by atoms with van der Waals surface area (Å²) in [5.41, 5.74) is -0.849. The number of hydrogen-bond acceptors (Lipinski definition) is 5. The molecule has 0 aromatic heterocycles. The zero-order chi connectivity index (χ0) is 19.3. The van der Waals surface area contributed by atoms with Crippen LogP contribution < -0.4 is 15.1 Å². The first-order chi connectivity index (χ1) is 12.3. The van der Waals surface area contributed by atoms with Crippen LogP contribution in [0.5, 0.6) is 0 Å². The van der Waals surface area contributed by atoms with Gasteiger partial charge in [0.15, 0.2) is 0 Å². The summed E-state index contributed by atoms with van der Waals surface area (Å²) in [7, 11) is -4.27. The normalized spacial score (nSPS) is 10.8. The quantitative estimate of drug-likeness (QED) is 0.696. The largest absolute Gasteiger partial charge is 0.545 e. The van der Waals surface area contributed by atoms with Crippen molar-refractivity contribution < 1.29 is 27.5 Å². The van der Waals surface area contributed by atoms with E-state index in [0.717, 1.165) is 6.07 Å². The Morgan fingerprint density at radius 2 is 1.85 bits per heavy atom. The first-order valence-electron chi connectivity index (χ1n) is 7.28. The number of nitrogens with one attached hydrogen (secondary N) is 2. The number of amides is 1. The van der Waals surface area contributed by atoms with Crippen LogP contribution in [0.2, 0.25) is 0 Å². The average Bonchev–Trinajstić information content (AvgIpc) is 2.59. The molecule has 0 unspecified atom stereocenters. The van der Waals surface area contributed by atoms with Crippen LogP contribution in [-0.2, 0) is 10.0 Å². The molecule has 0 fully saturated rings. The lowest BCUT2D eigenvalue weighted by Crippen LogP contribution is -2.26. The third kappa shape index (κ3) is 4.25. The molecule has 0 aliphatic carbocycles. The molecule has 136 valence electrons. The van der Waals surface area contributed by atoms with Gasteiger partial charge >= 0.3 is 0 Å². The summed E-state index contributed by atoms with van der Waals surface area (Å²) < 4.78 is 40.6. The lowest BCUT2D eigenvalue weighted by atomic mass is 10.1. The van der Waals surface area contributed by atoms with Gasteiger partial charge in [0.2, 0.25) is 0 Å². The Morgan fingerprint density at radius 1 is 1.15 bits per heavy atom. The van der Waals surface area contributed by atoms with Crippen molar-refractivity contribution in [3.8, 4) is 0 Å². The highest BCUT2D eigenvalue weighted by Gasteiger charge is 2.20. The second-order valence-corrected chi connectivity index (χ2v) is 6.76. The number of halogens is 1. The first-order valence-corrected chi connectivity index (χ1v) is 8.76. The summed E-state index contributed by atoms with van der Waals surface area (Å²) in [5, 5.41) is 13.4. The standard InChI is InChI=1S/C17H15FN2O5S/c1-2-9-19-16(21)12-5-3-4-6-15(12)20-26(24,25)11-7-8-14(18)13(10-11)17(22)23/h2-8,10,20H,1,9H2,(H,19,21)(H,22,23)/p-1. The van der Waals surface area contributed by atoms with E-state index in [1.54, 1.807) is 6.07 Å². The maximum absolute atomic E-state index is 13.4. The number of carbonyl (C=O) groups is 2. The Bertz CT molecular complexity index is 973. The van der Waals surface area contributed by atoms with Gasteiger partial charge in [0.25, 0.3) is 15.9 Å². The van der Waals surface area contributed by atoms with E-state index < -0.39 is 38.2 Å². The van der Waals surface area contributed by atoms with Gasteiger partial charge in [-0.25, -0.2) is 12.8 Å². The molecule has 0 bridgehead atoms. The number of carboxylic acids is 1. The molecule has 0 radical (unpaired) electrons. The molecule has 26 heavy (non-hydrogen) atoms. The number of hydrogen-bond donors (Lipinski definition) is 2. The summed E-state index contributed by atoms with van der Waals surface area (Å²) in [4.78, 5) is 22.5. The average molecular weight is 377 g/mol. The van der Waals surface area contributed by atoms with Gasteiger partial charge in [-0.2, -0.15) is 0 Å². The van der Waals surface area contributed by atoms with Crippen LogP contribution in [0.1, 0.15) is 20.7 Å². The molecule has 0 spiro atoms. The van der Waals surface area contributed by atoms with Crippen LogP contribution >= 0.6 is 0 Å². The summed E-state index contributed by atoms with van der Waals surface area (Å²) in [5.74, 6) is -3.49. The number of carbonyl (C=O) groups excluding carboxylic acids is 2. The van der Waals surface area contributed by atoms with E-state index in [9.17, 15) is 27.5 Å². The molecule has 0 aliphatic rings. The second kappa shape index (κ2) is 7.79. The van der Waals surface area contributed by atoms with E-state index in [1.807, 2.05) is 0 Å². The zero-order valence-corrected chi connectivity index (χ0v) is 14.2. The van der Waals surface area contributed by atoms with E-state index in [0.29, 0.717) is 12.1 Å². The van der Waals surface area contributed by atoms with Crippen molar-refractivity contribution in [1.29, 1.82) is 0 Å². The minimum Gasteiger partial charge on any atom is -0.545 e. The van der Waals surface area contributed by atoms with Gasteiger partial charge in [0.1, 0.15) is 5.82 Å². The van der Waals surface area contributed by atoms with Crippen molar-refractivity contribution in [2.24, 2.45) is 0 Å². The van der Waals surface area contributed by atoms with Crippen LogP contribution in [0, 0.1) is 5.82 Å². The molecule has 1 amide bonds. The maximum atomic E-state index is 13.4. The Kier molecular flexibility index (Phi) is 5.73. The lowest BCUT2D eigenvalue weighted by Gasteiger charge is -2.13. The fourth-order valence-electron chi connectivity index (χ4n) is 2.06. The van der Waals surface area contributed by atoms with Crippen molar-refractivity contribution in [3.05, 3.63) is 72.1 Å². The zero-order valence-electron chi connectivity index (χ0n) is 13.4. The van der Waals surface area contributed by atoms with Gasteiger partial charge in [-0.1, -0.05) is 18.2 Å². The van der Waals surface area contributed by atoms with E-state index in [-0.39, 0.29) is 17.8 Å². The topological polar surface area (TPSA) is 115 Å². The molecular weight excluding hydrogens is 363 g/mol. The molecular formula is C17H14FN2O5S-. The van der Waals surface area contributed by atoms with Gasteiger partial charge < -0.3 is 15.2 Å². The number of para-hydroxylation sites is 1. The van der Waals surface area contributed by atoms with E-state index in [4.69, 9.17) is 0 Å². The number of aromatic carboxylic acids is 1. The second-order valence-electron chi connectivity index (χ2n) is 5.08. The van der Waals surface area contributed by atoms with Gasteiger partial charge in [-0.3, -0.25) is 9.52 Å². The van der Waals surface area contributed by atoms with Gasteiger partial charge in [0, 0.05) is 12.1 Å². The predicted octanol–water partition coefficient (Wildman–Crippen LogP) is 0.906. The molecule has 9 heteroatoms. The van der Waals surface area contributed by atoms with E-state index in [1.165, 1.54) is 24.3 Å². The summed E-state index contributed by atoms with van der Waals surface area (Å²) in [6.07, 6.45) is 1.46. The molecule has 0 saturated carbocycles. The molecule has 2 aromatic rings. The molecule has 0 aliphatic heterocycles. The summed E-state index contributed by atoms with van der Waals surface area (Å²) >= 11 is 0. The number of carboxylic acid groups (broad SMARTS) is 1. The third-order valence-corrected chi connectivity index (χ3v) is 4.65. The number of sulfonamides is 1. The van der Waals surface area contributed by atoms with Crippen LogP contribution in [0.3, 0.4) is 0 Å². The van der Waals surface area contributed by atoms with Gasteiger partial charge in [0.05, 0.1) is 22.1 Å². The maximum Gasteiger partial charge on any atom is 0.261 e. The molecule has 2 N–H and O–H groups in total. The van der Waals surface area contributed by atoms with Crippen molar-refractivity contribution in [2.45, 2.75) is 4.90 Å². The minimum atomic E-state index is -4.27. The molecule has 2 aromatic carbocycles. The highest BCUT2D eigenvalue weighted by atomic mass is 32.2. The first kappa shape index (κ1) is 19.1. The van der Waals surface area contributed by atoms with Crippen LogP contribution in [0.4, 0.5) is 10.1 Å². The van der Waals surface area contributed by atoms with Crippen molar-refractivity contribution in [3.63, 3.8) is 0 Å². The molecule has 0 heterocycles. The Morgan fingerprint density at radius 3 is 2.50 bits per heavy atom. The van der Waals surface area contributed by atoms with E-state index in [2.05, 4.69) is 16.6 Å². The minimum absolute atomic E-state index is 0.0200. The van der Waals surface area contributed by atoms with Crippen molar-refractivity contribution >= 4 is 27.6 Å². The molecule has 2 rings (SSSR count). The van der Waals surface area contributed by atoms with Crippen LogP contribution in [0.15, 0.2) is 60.0 Å². The fraction of sp³-hybridized carbons (Fsp3) is 0.0588. The Labute approximate surface area is 149 Å². The lowest BCUT2D eigenvalue weighted by molar-refractivity contribution is -0.255. The van der Waals surface area contributed by atoms with Crippen molar-refractivity contribution in [1.82, 2.24) is 5.32 Å². The smallest absolute Gasteiger partial charge is 0.261 e. The number of anilines is 1. The summed E-state index contributed by atoms with van der Waals surface area (Å²) in [6, 6.07) is 8.10. The van der Waals surface area contributed by atoms with Crippen molar-refractivity contribution in [2.75, 3.05) is 11.3 Å². The highest BCUT2D eigenvalue weighted by Crippen LogP contribution is 2.21. The Balaban J connectivity index is 2.39. The predicted molar refractivity (Wildman–Crippen MR) is 90.5 cm³/mol. The monoisotopic (exact) mass is 377 g/mol. The molecule has 7 nitrogen and oxygen atoms in total. The third-order valence-electron chi connectivity index (χ3n) is 3.29. The highest BCUT2D eigenvalue weighted by molar-refractivity contribution is 7.92. The number of benzene rings is 2.